The van der Waals surface area contributed by atoms with Gasteiger partial charge in [0.25, 0.3) is 0 Å². The molecule has 0 aliphatic rings. The molecule has 5 heteroatoms. The van der Waals surface area contributed by atoms with Gasteiger partial charge in [0.2, 0.25) is 0 Å². The SMILES string of the molecule is Cc1cc(Br)ccc1NC(=O)NCCOc1ccccc1. The van der Waals surface area contributed by atoms with Crippen LogP contribution in [-0.4, -0.2) is 19.2 Å². The van der Waals surface area contributed by atoms with Crippen molar-refractivity contribution in [1.82, 2.24) is 5.32 Å². The number of rotatable bonds is 5. The largest absolute Gasteiger partial charge is 0.492 e. The van der Waals surface area contributed by atoms with Crippen LogP contribution in [0.1, 0.15) is 5.56 Å². The standard InChI is InChI=1S/C16H17BrN2O2/c1-12-11-13(17)7-8-15(12)19-16(20)18-9-10-21-14-5-3-2-4-6-14/h2-8,11H,9-10H2,1H3,(H2,18,19,20). The van der Waals surface area contributed by atoms with Crippen molar-refractivity contribution in [1.29, 1.82) is 0 Å². The number of amides is 2. The van der Waals surface area contributed by atoms with Crippen LogP contribution in [0, 0.1) is 6.92 Å². The summed E-state index contributed by atoms with van der Waals surface area (Å²) in [4.78, 5) is 11.8. The summed E-state index contributed by atoms with van der Waals surface area (Å²) in [5.41, 5.74) is 1.79. The quantitative estimate of drug-likeness (QED) is 0.803. The molecule has 2 N–H and O–H groups in total. The second-order valence-electron chi connectivity index (χ2n) is 4.50. The molecule has 0 radical (unpaired) electrons. The van der Waals surface area contributed by atoms with Gasteiger partial charge in [-0.15, -0.1) is 0 Å². The summed E-state index contributed by atoms with van der Waals surface area (Å²) in [5, 5.41) is 5.57. The third-order valence-corrected chi connectivity index (χ3v) is 3.33. The second-order valence-corrected chi connectivity index (χ2v) is 5.42. The maximum atomic E-state index is 11.8. The maximum absolute atomic E-state index is 11.8. The van der Waals surface area contributed by atoms with Crippen molar-refractivity contribution in [3.8, 4) is 5.75 Å². The summed E-state index contributed by atoms with van der Waals surface area (Å²) >= 11 is 3.39. The summed E-state index contributed by atoms with van der Waals surface area (Å²) < 4.78 is 6.49. The fourth-order valence-electron chi connectivity index (χ4n) is 1.78. The van der Waals surface area contributed by atoms with Gasteiger partial charge in [-0.3, -0.25) is 0 Å². The molecule has 2 amide bonds. The van der Waals surface area contributed by atoms with E-state index < -0.39 is 0 Å². The Morgan fingerprint density at radius 2 is 1.95 bits per heavy atom. The summed E-state index contributed by atoms with van der Waals surface area (Å²) in [6.45, 7) is 2.81. The Bertz CT molecular complexity index is 602. The van der Waals surface area contributed by atoms with E-state index in [4.69, 9.17) is 4.74 Å². The summed E-state index contributed by atoms with van der Waals surface area (Å²) in [6.07, 6.45) is 0. The van der Waals surface area contributed by atoms with Crippen molar-refractivity contribution in [2.75, 3.05) is 18.5 Å². The third kappa shape index (κ3) is 5.11. The van der Waals surface area contributed by atoms with Gasteiger partial charge in [-0.1, -0.05) is 34.1 Å². The fourth-order valence-corrected chi connectivity index (χ4v) is 2.26. The highest BCUT2D eigenvalue weighted by Crippen LogP contribution is 2.19. The molecule has 2 aromatic carbocycles. The number of halogens is 1. The number of hydrogen-bond acceptors (Lipinski definition) is 2. The molecular weight excluding hydrogens is 332 g/mol. The first kappa shape index (κ1) is 15.4. The van der Waals surface area contributed by atoms with Crippen LogP contribution in [0.2, 0.25) is 0 Å². The number of benzene rings is 2. The highest BCUT2D eigenvalue weighted by atomic mass is 79.9. The van der Waals surface area contributed by atoms with E-state index in [0.717, 1.165) is 21.5 Å². The molecule has 4 nitrogen and oxygen atoms in total. The van der Waals surface area contributed by atoms with Crippen LogP contribution in [0.3, 0.4) is 0 Å². The van der Waals surface area contributed by atoms with Gasteiger partial charge >= 0.3 is 6.03 Å². The third-order valence-electron chi connectivity index (χ3n) is 2.84. The molecule has 0 unspecified atom stereocenters. The van der Waals surface area contributed by atoms with Gasteiger partial charge < -0.3 is 15.4 Å². The van der Waals surface area contributed by atoms with Crippen molar-refractivity contribution in [2.45, 2.75) is 6.92 Å². The lowest BCUT2D eigenvalue weighted by Crippen LogP contribution is -2.32. The van der Waals surface area contributed by atoms with Gasteiger partial charge in [0, 0.05) is 10.2 Å². The molecule has 0 saturated carbocycles. The average molecular weight is 349 g/mol. The zero-order chi connectivity index (χ0) is 15.1. The molecule has 0 aromatic heterocycles. The van der Waals surface area contributed by atoms with Crippen LogP contribution in [0.5, 0.6) is 5.75 Å². The van der Waals surface area contributed by atoms with Crippen molar-refractivity contribution in [2.24, 2.45) is 0 Å². The van der Waals surface area contributed by atoms with Crippen LogP contribution in [0.25, 0.3) is 0 Å². The van der Waals surface area contributed by atoms with Gasteiger partial charge in [0.05, 0.1) is 6.54 Å². The summed E-state index contributed by atoms with van der Waals surface area (Å²) in [6, 6.07) is 15.0. The normalized spacial score (nSPS) is 10.0. The molecule has 21 heavy (non-hydrogen) atoms. The minimum atomic E-state index is -0.239. The molecular formula is C16H17BrN2O2. The van der Waals surface area contributed by atoms with Crippen molar-refractivity contribution in [3.63, 3.8) is 0 Å². The van der Waals surface area contributed by atoms with Crippen molar-refractivity contribution < 1.29 is 9.53 Å². The van der Waals surface area contributed by atoms with Gasteiger partial charge in [-0.2, -0.15) is 0 Å². The Kier molecular flexibility index (Phi) is 5.63. The number of aryl methyl sites for hydroxylation is 1. The van der Waals surface area contributed by atoms with Crippen molar-refractivity contribution >= 4 is 27.6 Å². The van der Waals surface area contributed by atoms with Gasteiger partial charge in [0.15, 0.2) is 0 Å². The van der Waals surface area contributed by atoms with Gasteiger partial charge in [-0.05, 0) is 42.8 Å². The lowest BCUT2D eigenvalue weighted by atomic mass is 10.2. The minimum Gasteiger partial charge on any atom is -0.492 e. The Labute approximate surface area is 132 Å². The van der Waals surface area contributed by atoms with Crippen LogP contribution in [0.15, 0.2) is 53.0 Å². The Morgan fingerprint density at radius 1 is 1.19 bits per heavy atom. The molecule has 0 spiro atoms. The van der Waals surface area contributed by atoms with E-state index in [9.17, 15) is 4.79 Å². The number of ether oxygens (including phenoxy) is 1. The molecule has 110 valence electrons. The Balaban J connectivity index is 1.72. The average Bonchev–Trinajstić information content (AvgIpc) is 2.48. The van der Waals surface area contributed by atoms with Crippen molar-refractivity contribution in [3.05, 3.63) is 58.6 Å². The van der Waals surface area contributed by atoms with E-state index in [1.165, 1.54) is 0 Å². The number of urea groups is 1. The molecule has 0 bridgehead atoms. The number of hydrogen-bond donors (Lipinski definition) is 2. The first-order chi connectivity index (χ1) is 10.1. The lowest BCUT2D eigenvalue weighted by Gasteiger charge is -2.11. The maximum Gasteiger partial charge on any atom is 0.319 e. The molecule has 2 rings (SSSR count). The fraction of sp³-hybridized carbons (Fsp3) is 0.188. The van der Waals surface area contributed by atoms with E-state index in [2.05, 4.69) is 26.6 Å². The Morgan fingerprint density at radius 3 is 2.67 bits per heavy atom. The van der Waals surface area contributed by atoms with Crippen LogP contribution < -0.4 is 15.4 Å². The first-order valence-electron chi connectivity index (χ1n) is 6.64. The topological polar surface area (TPSA) is 50.4 Å². The first-order valence-corrected chi connectivity index (χ1v) is 7.43. The predicted octanol–water partition coefficient (Wildman–Crippen LogP) is 3.96. The number of anilines is 1. The molecule has 0 heterocycles. The smallest absolute Gasteiger partial charge is 0.319 e. The highest BCUT2D eigenvalue weighted by Gasteiger charge is 2.04. The number of carbonyl (C=O) groups excluding carboxylic acids is 1. The minimum absolute atomic E-state index is 0.239. The zero-order valence-corrected chi connectivity index (χ0v) is 13.3. The van der Waals surface area contributed by atoms with E-state index in [1.54, 1.807) is 0 Å². The molecule has 0 atom stereocenters. The zero-order valence-electron chi connectivity index (χ0n) is 11.7. The molecule has 0 aliphatic heterocycles. The number of carbonyl (C=O) groups is 1. The highest BCUT2D eigenvalue weighted by molar-refractivity contribution is 9.10. The molecule has 0 saturated heterocycles. The van der Waals surface area contributed by atoms with E-state index in [1.807, 2.05) is 55.5 Å². The number of para-hydroxylation sites is 1. The van der Waals surface area contributed by atoms with Crippen LogP contribution >= 0.6 is 15.9 Å². The second kappa shape index (κ2) is 7.69. The molecule has 2 aromatic rings. The monoisotopic (exact) mass is 348 g/mol. The van der Waals surface area contributed by atoms with Gasteiger partial charge in [-0.25, -0.2) is 4.79 Å². The molecule has 0 aliphatic carbocycles. The van der Waals surface area contributed by atoms with E-state index in [-0.39, 0.29) is 6.03 Å². The molecule has 0 fully saturated rings. The van der Waals surface area contributed by atoms with E-state index >= 15 is 0 Å². The summed E-state index contributed by atoms with van der Waals surface area (Å²) in [5.74, 6) is 0.795. The number of nitrogens with one attached hydrogen (secondary N) is 2. The van der Waals surface area contributed by atoms with Crippen LogP contribution in [-0.2, 0) is 0 Å². The predicted molar refractivity (Wildman–Crippen MR) is 87.8 cm³/mol. The Hall–Kier alpha value is -2.01. The van der Waals surface area contributed by atoms with Crippen LogP contribution in [0.4, 0.5) is 10.5 Å². The lowest BCUT2D eigenvalue weighted by molar-refractivity contribution is 0.247. The summed E-state index contributed by atoms with van der Waals surface area (Å²) in [7, 11) is 0. The van der Waals surface area contributed by atoms with E-state index in [0.29, 0.717) is 13.2 Å². The van der Waals surface area contributed by atoms with Gasteiger partial charge in [0.1, 0.15) is 12.4 Å².